The van der Waals surface area contributed by atoms with Gasteiger partial charge in [0.2, 0.25) is 0 Å². The van der Waals surface area contributed by atoms with Crippen molar-refractivity contribution in [1.82, 2.24) is 0 Å². The lowest BCUT2D eigenvalue weighted by Gasteiger charge is -2.30. The Balaban J connectivity index is 2.12. The minimum Gasteiger partial charge on any atom is -0.486 e. The SMILES string of the molecule is CSC1=NC(C)(C)Cc2cc3c(cc21)OCCO3. The van der Waals surface area contributed by atoms with Crippen molar-refractivity contribution < 1.29 is 9.47 Å². The summed E-state index contributed by atoms with van der Waals surface area (Å²) < 4.78 is 11.3. The van der Waals surface area contributed by atoms with Crippen molar-refractivity contribution in [3.8, 4) is 11.5 Å². The molecular weight excluding hydrogens is 246 g/mol. The molecule has 0 atom stereocenters. The molecule has 2 aliphatic heterocycles. The third-order valence-corrected chi connectivity index (χ3v) is 3.92. The highest BCUT2D eigenvalue weighted by Crippen LogP contribution is 2.38. The number of hydrogen-bond acceptors (Lipinski definition) is 4. The maximum atomic E-state index is 5.65. The number of fused-ring (bicyclic) bond motifs is 2. The Hall–Kier alpha value is -1.16. The topological polar surface area (TPSA) is 30.8 Å². The lowest BCUT2D eigenvalue weighted by molar-refractivity contribution is 0.171. The van der Waals surface area contributed by atoms with Gasteiger partial charge < -0.3 is 9.47 Å². The molecule has 0 aliphatic carbocycles. The van der Waals surface area contributed by atoms with Gasteiger partial charge in [-0.1, -0.05) is 0 Å². The van der Waals surface area contributed by atoms with Crippen LogP contribution in [0.2, 0.25) is 0 Å². The summed E-state index contributed by atoms with van der Waals surface area (Å²) in [6, 6.07) is 4.20. The molecule has 0 aromatic heterocycles. The van der Waals surface area contributed by atoms with Gasteiger partial charge in [-0.05, 0) is 44.2 Å². The van der Waals surface area contributed by atoms with Gasteiger partial charge in [0, 0.05) is 5.56 Å². The summed E-state index contributed by atoms with van der Waals surface area (Å²) in [7, 11) is 0. The standard InChI is InChI=1S/C14H17NO2S/c1-14(2)8-9-6-11-12(17-5-4-16-11)7-10(9)13(15-14)18-3/h6-7H,4-5,8H2,1-3H3. The fraction of sp³-hybridized carbons (Fsp3) is 0.500. The number of ether oxygens (including phenoxy) is 2. The van der Waals surface area contributed by atoms with Gasteiger partial charge in [0.25, 0.3) is 0 Å². The zero-order chi connectivity index (χ0) is 12.8. The fourth-order valence-corrected chi connectivity index (χ4v) is 3.22. The van der Waals surface area contributed by atoms with Gasteiger partial charge in [-0.25, -0.2) is 0 Å². The molecule has 3 nitrogen and oxygen atoms in total. The number of rotatable bonds is 0. The van der Waals surface area contributed by atoms with E-state index >= 15 is 0 Å². The Morgan fingerprint density at radius 3 is 2.50 bits per heavy atom. The molecule has 0 fully saturated rings. The average molecular weight is 263 g/mol. The van der Waals surface area contributed by atoms with Gasteiger partial charge in [-0.15, -0.1) is 11.8 Å². The van der Waals surface area contributed by atoms with E-state index in [9.17, 15) is 0 Å². The van der Waals surface area contributed by atoms with Crippen LogP contribution in [0.1, 0.15) is 25.0 Å². The number of nitrogens with zero attached hydrogens (tertiary/aromatic N) is 1. The van der Waals surface area contributed by atoms with E-state index in [1.807, 2.05) is 0 Å². The first kappa shape index (κ1) is 11.9. The van der Waals surface area contributed by atoms with Crippen LogP contribution in [0.15, 0.2) is 17.1 Å². The monoisotopic (exact) mass is 263 g/mol. The van der Waals surface area contributed by atoms with Crippen LogP contribution in [-0.4, -0.2) is 30.1 Å². The minimum absolute atomic E-state index is 0.0326. The average Bonchev–Trinajstić information content (AvgIpc) is 2.34. The third-order valence-electron chi connectivity index (χ3n) is 3.22. The largest absolute Gasteiger partial charge is 0.486 e. The maximum Gasteiger partial charge on any atom is 0.162 e. The van der Waals surface area contributed by atoms with Gasteiger partial charge in [-0.3, -0.25) is 4.99 Å². The molecule has 1 aromatic carbocycles. The van der Waals surface area contributed by atoms with Crippen molar-refractivity contribution >= 4 is 16.8 Å². The van der Waals surface area contributed by atoms with Gasteiger partial charge >= 0.3 is 0 Å². The molecule has 96 valence electrons. The number of aliphatic imine (C=N–C) groups is 1. The van der Waals surface area contributed by atoms with Gasteiger partial charge in [0.15, 0.2) is 11.5 Å². The van der Waals surface area contributed by atoms with Gasteiger partial charge in [-0.2, -0.15) is 0 Å². The van der Waals surface area contributed by atoms with Crippen LogP contribution in [0.4, 0.5) is 0 Å². The van der Waals surface area contributed by atoms with E-state index in [0.29, 0.717) is 13.2 Å². The highest BCUT2D eigenvalue weighted by Gasteiger charge is 2.28. The predicted octanol–water partition coefficient (Wildman–Crippen LogP) is 2.90. The molecule has 0 saturated carbocycles. The molecule has 0 spiro atoms. The van der Waals surface area contributed by atoms with Crippen LogP contribution in [0.25, 0.3) is 0 Å². The summed E-state index contributed by atoms with van der Waals surface area (Å²) in [5, 5.41) is 1.10. The molecule has 0 saturated heterocycles. The summed E-state index contributed by atoms with van der Waals surface area (Å²) in [5.74, 6) is 1.72. The summed E-state index contributed by atoms with van der Waals surface area (Å²) in [4.78, 5) is 4.81. The highest BCUT2D eigenvalue weighted by atomic mass is 32.2. The summed E-state index contributed by atoms with van der Waals surface area (Å²) in [6.07, 6.45) is 3.02. The first-order chi connectivity index (χ1) is 8.59. The van der Waals surface area contributed by atoms with E-state index in [0.717, 1.165) is 23.0 Å². The van der Waals surface area contributed by atoms with E-state index < -0.39 is 0 Å². The quantitative estimate of drug-likeness (QED) is 0.721. The van der Waals surface area contributed by atoms with Gasteiger partial charge in [0.1, 0.15) is 13.2 Å². The zero-order valence-corrected chi connectivity index (χ0v) is 11.8. The lowest BCUT2D eigenvalue weighted by Crippen LogP contribution is -2.28. The normalized spacial score (nSPS) is 20.1. The smallest absolute Gasteiger partial charge is 0.162 e. The second kappa shape index (κ2) is 4.19. The molecule has 1 aromatic rings. The molecule has 2 heterocycles. The molecule has 3 rings (SSSR count). The molecule has 0 bridgehead atoms. The Morgan fingerprint density at radius 1 is 1.17 bits per heavy atom. The van der Waals surface area contributed by atoms with Crippen molar-refractivity contribution in [3.05, 3.63) is 23.3 Å². The first-order valence-corrected chi connectivity index (χ1v) is 7.38. The van der Waals surface area contributed by atoms with E-state index in [4.69, 9.17) is 14.5 Å². The third kappa shape index (κ3) is 1.99. The summed E-state index contributed by atoms with van der Waals surface area (Å²) in [6.45, 7) is 5.60. The Bertz CT molecular complexity index is 523. The van der Waals surface area contributed by atoms with Crippen molar-refractivity contribution in [2.24, 2.45) is 4.99 Å². The Labute approximate surface area is 112 Å². The first-order valence-electron chi connectivity index (χ1n) is 6.16. The van der Waals surface area contributed by atoms with Crippen LogP contribution < -0.4 is 9.47 Å². The lowest BCUT2D eigenvalue weighted by atomic mass is 9.89. The Morgan fingerprint density at radius 2 is 1.83 bits per heavy atom. The van der Waals surface area contributed by atoms with Crippen molar-refractivity contribution in [2.45, 2.75) is 25.8 Å². The second-order valence-corrected chi connectivity index (χ2v) is 6.06. The second-order valence-electron chi connectivity index (χ2n) is 5.26. The van der Waals surface area contributed by atoms with Crippen LogP contribution in [0.5, 0.6) is 11.5 Å². The molecule has 2 aliphatic rings. The number of benzene rings is 1. The van der Waals surface area contributed by atoms with Crippen molar-refractivity contribution in [1.29, 1.82) is 0 Å². The fourth-order valence-electron chi connectivity index (χ4n) is 2.47. The minimum atomic E-state index is -0.0326. The van der Waals surface area contributed by atoms with Crippen LogP contribution in [-0.2, 0) is 6.42 Å². The predicted molar refractivity (Wildman–Crippen MR) is 75.3 cm³/mol. The summed E-state index contributed by atoms with van der Waals surface area (Å²) in [5.41, 5.74) is 2.48. The molecule has 4 heteroatoms. The van der Waals surface area contributed by atoms with Crippen molar-refractivity contribution in [3.63, 3.8) is 0 Å². The molecule has 0 amide bonds. The molecule has 18 heavy (non-hydrogen) atoms. The molecular formula is C14H17NO2S. The van der Waals surface area contributed by atoms with E-state index in [1.54, 1.807) is 11.8 Å². The van der Waals surface area contributed by atoms with Crippen LogP contribution in [0, 0.1) is 0 Å². The molecule has 0 unspecified atom stereocenters. The number of hydrogen-bond donors (Lipinski definition) is 0. The summed E-state index contributed by atoms with van der Waals surface area (Å²) >= 11 is 1.70. The molecule has 0 N–H and O–H groups in total. The zero-order valence-electron chi connectivity index (χ0n) is 10.9. The van der Waals surface area contributed by atoms with E-state index in [-0.39, 0.29) is 5.54 Å². The number of thioether (sulfide) groups is 1. The van der Waals surface area contributed by atoms with Crippen LogP contribution in [0.3, 0.4) is 0 Å². The highest BCUT2D eigenvalue weighted by molar-refractivity contribution is 8.13. The maximum absolute atomic E-state index is 5.65. The Kier molecular flexibility index (Phi) is 2.77. The van der Waals surface area contributed by atoms with E-state index in [1.165, 1.54) is 11.1 Å². The van der Waals surface area contributed by atoms with Crippen molar-refractivity contribution in [2.75, 3.05) is 19.5 Å². The van der Waals surface area contributed by atoms with E-state index in [2.05, 4.69) is 32.2 Å². The van der Waals surface area contributed by atoms with Crippen LogP contribution >= 0.6 is 11.8 Å². The van der Waals surface area contributed by atoms with Gasteiger partial charge in [0.05, 0.1) is 10.6 Å². The molecule has 0 radical (unpaired) electrons.